The molecule has 1 aromatic heterocycles. The molecule has 0 unspecified atom stereocenters. The molecule has 3 rings (SSSR count). The Labute approximate surface area is 129 Å². The van der Waals surface area contributed by atoms with Gasteiger partial charge in [0, 0.05) is 6.54 Å². The van der Waals surface area contributed by atoms with E-state index in [2.05, 4.69) is 15.4 Å². The number of amides is 1. The number of carbonyl (C=O) groups excluding carboxylic acids is 1. The van der Waals surface area contributed by atoms with Gasteiger partial charge in [-0.15, -0.1) is 5.10 Å². The van der Waals surface area contributed by atoms with Gasteiger partial charge in [0.25, 0.3) is 5.91 Å². The topological polar surface area (TPSA) is 80.0 Å². The highest BCUT2D eigenvalue weighted by Gasteiger charge is 2.30. The van der Waals surface area contributed by atoms with Crippen LogP contribution in [0.15, 0.2) is 36.7 Å². The van der Waals surface area contributed by atoms with Crippen LogP contribution < -0.4 is 5.32 Å². The second kappa shape index (κ2) is 6.27. The highest BCUT2D eigenvalue weighted by Crippen LogP contribution is 2.27. The third kappa shape index (κ3) is 3.33. The van der Waals surface area contributed by atoms with E-state index in [4.69, 9.17) is 0 Å². The molecule has 1 heterocycles. The summed E-state index contributed by atoms with van der Waals surface area (Å²) in [7, 11) is 0. The lowest BCUT2D eigenvalue weighted by atomic mass is 9.85. The van der Waals surface area contributed by atoms with Crippen molar-refractivity contribution in [1.82, 2.24) is 20.1 Å². The maximum absolute atomic E-state index is 12.1. The normalized spacial score (nSPS) is 17.1. The van der Waals surface area contributed by atoms with E-state index in [-0.39, 0.29) is 18.3 Å². The molecule has 6 heteroatoms. The molecule has 116 valence electrons. The van der Waals surface area contributed by atoms with Gasteiger partial charge in [0.15, 0.2) is 0 Å². The molecule has 0 atom stereocenters. The van der Waals surface area contributed by atoms with Crippen LogP contribution in [0.2, 0.25) is 0 Å². The standard InChI is InChI=1S/C16H20N4O2/c21-15(17-11-16(22)9-5-2-6-10-16)14-18-12-20(19-14)13-7-3-1-4-8-13/h1,3-4,7-8,12,22H,2,5-6,9-11H2,(H,17,21). The number of carbonyl (C=O) groups is 1. The summed E-state index contributed by atoms with van der Waals surface area (Å²) in [5.74, 6) is -0.239. The van der Waals surface area contributed by atoms with Crippen molar-refractivity contribution in [1.29, 1.82) is 0 Å². The van der Waals surface area contributed by atoms with Crippen LogP contribution in [0.4, 0.5) is 0 Å². The van der Waals surface area contributed by atoms with Crippen LogP contribution >= 0.6 is 0 Å². The SMILES string of the molecule is O=C(NCC1(O)CCCCC1)c1ncn(-c2ccccc2)n1. The molecule has 2 N–H and O–H groups in total. The van der Waals surface area contributed by atoms with Crippen molar-refractivity contribution in [2.24, 2.45) is 0 Å². The number of benzene rings is 1. The molecule has 1 aliphatic rings. The van der Waals surface area contributed by atoms with Gasteiger partial charge in [0.1, 0.15) is 6.33 Å². The average molecular weight is 300 g/mol. The first-order chi connectivity index (χ1) is 10.7. The van der Waals surface area contributed by atoms with Crippen LogP contribution in [0.1, 0.15) is 42.7 Å². The molecule has 1 fully saturated rings. The van der Waals surface area contributed by atoms with E-state index in [1.807, 2.05) is 30.3 Å². The summed E-state index contributed by atoms with van der Waals surface area (Å²) in [4.78, 5) is 16.2. The lowest BCUT2D eigenvalue weighted by molar-refractivity contribution is 0.00516. The summed E-state index contributed by atoms with van der Waals surface area (Å²) in [5.41, 5.74) is 0.0653. The second-order valence-electron chi connectivity index (χ2n) is 5.82. The van der Waals surface area contributed by atoms with E-state index < -0.39 is 5.60 Å². The number of para-hydroxylation sites is 1. The van der Waals surface area contributed by atoms with Crippen LogP contribution in [0.3, 0.4) is 0 Å². The number of rotatable bonds is 4. The Balaban J connectivity index is 1.62. The fourth-order valence-electron chi connectivity index (χ4n) is 2.78. The van der Waals surface area contributed by atoms with Gasteiger partial charge in [-0.05, 0) is 25.0 Å². The van der Waals surface area contributed by atoms with Gasteiger partial charge in [-0.3, -0.25) is 4.79 Å². The molecule has 0 radical (unpaired) electrons. The van der Waals surface area contributed by atoms with Crippen LogP contribution in [0.25, 0.3) is 5.69 Å². The Bertz CT molecular complexity index is 633. The number of aliphatic hydroxyl groups is 1. The predicted molar refractivity (Wildman–Crippen MR) is 81.7 cm³/mol. The molecule has 0 spiro atoms. The third-order valence-electron chi connectivity index (χ3n) is 4.08. The van der Waals surface area contributed by atoms with E-state index in [1.165, 1.54) is 6.33 Å². The molecule has 22 heavy (non-hydrogen) atoms. The van der Waals surface area contributed by atoms with Gasteiger partial charge >= 0.3 is 0 Å². The Morgan fingerprint density at radius 1 is 1.23 bits per heavy atom. The molecule has 6 nitrogen and oxygen atoms in total. The Hall–Kier alpha value is -2.21. The van der Waals surface area contributed by atoms with Crippen molar-refractivity contribution >= 4 is 5.91 Å². The zero-order valence-electron chi connectivity index (χ0n) is 12.4. The lowest BCUT2D eigenvalue weighted by Crippen LogP contribution is -2.44. The first-order valence-corrected chi connectivity index (χ1v) is 7.64. The summed E-state index contributed by atoms with van der Waals surface area (Å²) in [5, 5.41) is 17.3. The fourth-order valence-corrected chi connectivity index (χ4v) is 2.78. The average Bonchev–Trinajstić information content (AvgIpc) is 3.04. The second-order valence-corrected chi connectivity index (χ2v) is 5.82. The zero-order valence-corrected chi connectivity index (χ0v) is 12.4. The van der Waals surface area contributed by atoms with E-state index >= 15 is 0 Å². The summed E-state index contributed by atoms with van der Waals surface area (Å²) >= 11 is 0. The zero-order chi connectivity index (χ0) is 15.4. The molecule has 0 aliphatic heterocycles. The Morgan fingerprint density at radius 3 is 2.68 bits per heavy atom. The summed E-state index contributed by atoms with van der Waals surface area (Å²) in [6, 6.07) is 9.49. The third-order valence-corrected chi connectivity index (χ3v) is 4.08. The first-order valence-electron chi connectivity index (χ1n) is 7.64. The molecule has 1 saturated carbocycles. The fraction of sp³-hybridized carbons (Fsp3) is 0.438. The van der Waals surface area contributed by atoms with Crippen molar-refractivity contribution in [3.63, 3.8) is 0 Å². The molecular formula is C16H20N4O2. The number of nitrogens with one attached hydrogen (secondary N) is 1. The van der Waals surface area contributed by atoms with E-state index in [0.29, 0.717) is 0 Å². The van der Waals surface area contributed by atoms with Crippen LogP contribution in [-0.2, 0) is 0 Å². The minimum absolute atomic E-state index is 0.114. The molecular weight excluding hydrogens is 280 g/mol. The van der Waals surface area contributed by atoms with E-state index in [0.717, 1.165) is 37.8 Å². The monoisotopic (exact) mass is 300 g/mol. The summed E-state index contributed by atoms with van der Waals surface area (Å²) in [6.07, 6.45) is 6.15. The van der Waals surface area contributed by atoms with Gasteiger partial charge in [-0.1, -0.05) is 37.5 Å². The largest absolute Gasteiger partial charge is 0.388 e. The predicted octanol–water partition coefficient (Wildman–Crippen LogP) is 1.69. The maximum Gasteiger partial charge on any atom is 0.291 e. The molecule has 1 aliphatic carbocycles. The minimum Gasteiger partial charge on any atom is -0.388 e. The molecule has 0 saturated heterocycles. The van der Waals surface area contributed by atoms with Crippen LogP contribution in [0, 0.1) is 0 Å². The first kappa shape index (κ1) is 14.7. The van der Waals surface area contributed by atoms with Gasteiger partial charge in [-0.25, -0.2) is 9.67 Å². The minimum atomic E-state index is -0.782. The van der Waals surface area contributed by atoms with Gasteiger partial charge in [0.05, 0.1) is 11.3 Å². The highest BCUT2D eigenvalue weighted by atomic mass is 16.3. The van der Waals surface area contributed by atoms with Crippen molar-refractivity contribution in [2.75, 3.05) is 6.54 Å². The Morgan fingerprint density at radius 2 is 1.95 bits per heavy atom. The number of hydrogen-bond acceptors (Lipinski definition) is 4. The van der Waals surface area contributed by atoms with Crippen molar-refractivity contribution < 1.29 is 9.90 Å². The number of aromatic nitrogens is 3. The summed E-state index contributed by atoms with van der Waals surface area (Å²) < 4.78 is 1.56. The molecule has 0 bridgehead atoms. The number of hydrogen-bond donors (Lipinski definition) is 2. The number of nitrogens with zero attached hydrogens (tertiary/aromatic N) is 3. The van der Waals surface area contributed by atoms with Crippen LogP contribution in [0.5, 0.6) is 0 Å². The summed E-state index contributed by atoms with van der Waals surface area (Å²) in [6.45, 7) is 0.256. The van der Waals surface area contributed by atoms with Crippen molar-refractivity contribution in [3.05, 3.63) is 42.5 Å². The maximum atomic E-state index is 12.1. The smallest absolute Gasteiger partial charge is 0.291 e. The molecule has 1 aromatic carbocycles. The van der Waals surface area contributed by atoms with Gasteiger partial charge < -0.3 is 10.4 Å². The van der Waals surface area contributed by atoms with Crippen LogP contribution in [-0.4, -0.2) is 37.9 Å². The lowest BCUT2D eigenvalue weighted by Gasteiger charge is -2.31. The van der Waals surface area contributed by atoms with Crippen molar-refractivity contribution in [3.8, 4) is 5.69 Å². The van der Waals surface area contributed by atoms with E-state index in [9.17, 15) is 9.90 Å². The van der Waals surface area contributed by atoms with Gasteiger partial charge in [0.2, 0.25) is 5.82 Å². The van der Waals surface area contributed by atoms with E-state index in [1.54, 1.807) is 4.68 Å². The molecule has 2 aromatic rings. The Kier molecular flexibility index (Phi) is 4.20. The van der Waals surface area contributed by atoms with Crippen molar-refractivity contribution in [2.45, 2.75) is 37.7 Å². The van der Waals surface area contributed by atoms with Gasteiger partial charge in [-0.2, -0.15) is 0 Å². The molecule has 1 amide bonds. The highest BCUT2D eigenvalue weighted by molar-refractivity contribution is 5.90. The quantitative estimate of drug-likeness (QED) is 0.900.